The minimum Gasteiger partial charge on any atom is -0.366 e. The van der Waals surface area contributed by atoms with Crippen molar-refractivity contribution in [3.8, 4) is 0 Å². The molecule has 0 radical (unpaired) electrons. The lowest BCUT2D eigenvalue weighted by molar-refractivity contribution is 0.100. The lowest BCUT2D eigenvalue weighted by Gasteiger charge is -2.36. The van der Waals surface area contributed by atoms with Gasteiger partial charge >= 0.3 is 0 Å². The minimum atomic E-state index is -0.371. The third-order valence-corrected chi connectivity index (χ3v) is 5.54. The maximum absolute atomic E-state index is 11.8. The van der Waals surface area contributed by atoms with E-state index in [0.29, 0.717) is 17.5 Å². The second-order valence-electron chi connectivity index (χ2n) is 6.96. The Kier molecular flexibility index (Phi) is 4.32. The lowest BCUT2D eigenvalue weighted by Crippen LogP contribution is -2.36. The van der Waals surface area contributed by atoms with E-state index in [9.17, 15) is 4.79 Å². The van der Waals surface area contributed by atoms with Gasteiger partial charge in [0.2, 0.25) is 0 Å². The number of primary amides is 1. The highest BCUT2D eigenvalue weighted by Crippen LogP contribution is 2.33. The molecule has 3 aromatic rings. The van der Waals surface area contributed by atoms with E-state index >= 15 is 0 Å². The van der Waals surface area contributed by atoms with Gasteiger partial charge < -0.3 is 15.2 Å². The third kappa shape index (κ3) is 2.92. The molecule has 26 heavy (non-hydrogen) atoms. The van der Waals surface area contributed by atoms with Crippen molar-refractivity contribution >= 4 is 22.6 Å². The number of aromatic nitrogens is 3. The number of hydrogen-bond donors (Lipinski definition) is 1. The summed E-state index contributed by atoms with van der Waals surface area (Å²) in [6.07, 6.45) is 9.34. The zero-order valence-corrected chi connectivity index (χ0v) is 14.9. The van der Waals surface area contributed by atoms with Crippen LogP contribution >= 0.6 is 0 Å². The van der Waals surface area contributed by atoms with Crippen LogP contribution in [0.2, 0.25) is 0 Å². The monoisotopic (exact) mass is 349 g/mol. The van der Waals surface area contributed by atoms with Gasteiger partial charge in [-0.25, -0.2) is 4.98 Å². The molecule has 0 bridgehead atoms. The molecule has 1 aromatic carbocycles. The molecular weight excluding hydrogens is 326 g/mol. The van der Waals surface area contributed by atoms with Crippen LogP contribution in [0, 0.1) is 5.92 Å². The van der Waals surface area contributed by atoms with Crippen LogP contribution in [0.3, 0.4) is 0 Å². The molecule has 0 spiro atoms. The number of benzene rings is 1. The molecule has 1 unspecified atom stereocenters. The number of carbonyl (C=O) groups is 1. The average Bonchev–Trinajstić information content (AvgIpc) is 3.08. The molecule has 4 rings (SSSR count). The topological polar surface area (TPSA) is 77.0 Å². The Hall–Kier alpha value is -2.89. The number of nitrogens with zero attached hydrogens (tertiary/aromatic N) is 4. The fourth-order valence-electron chi connectivity index (χ4n) is 4.03. The molecule has 0 saturated carbocycles. The summed E-state index contributed by atoms with van der Waals surface area (Å²) in [5.74, 6) is 1.12. The van der Waals surface area contributed by atoms with Crippen LogP contribution in [-0.4, -0.2) is 33.5 Å². The van der Waals surface area contributed by atoms with Gasteiger partial charge in [0, 0.05) is 48.6 Å². The van der Waals surface area contributed by atoms with E-state index in [1.807, 2.05) is 30.6 Å². The molecular formula is C20H23N5O. The summed E-state index contributed by atoms with van der Waals surface area (Å²) in [7, 11) is 0. The van der Waals surface area contributed by atoms with E-state index in [2.05, 4.69) is 32.4 Å². The van der Waals surface area contributed by atoms with Gasteiger partial charge in [-0.15, -0.1) is 0 Å². The molecule has 1 amide bonds. The van der Waals surface area contributed by atoms with E-state index in [1.54, 1.807) is 12.4 Å². The van der Waals surface area contributed by atoms with Crippen molar-refractivity contribution in [3.05, 3.63) is 54.6 Å². The Balaban J connectivity index is 1.55. The number of rotatable bonds is 4. The standard InChI is InChI=1S/C20H23N5O/c1-14(15-6-10-24(11-7-15)19-12-22-8-9-23-19)25-13-17(20(21)26)16-4-2-3-5-18(16)25/h2-5,8-9,12-15H,6-7,10-11H2,1H3,(H2,21,26). The molecule has 134 valence electrons. The van der Waals surface area contributed by atoms with Gasteiger partial charge in [0.25, 0.3) is 5.91 Å². The highest BCUT2D eigenvalue weighted by molar-refractivity contribution is 6.06. The van der Waals surface area contributed by atoms with Crippen LogP contribution < -0.4 is 10.6 Å². The number of anilines is 1. The predicted molar refractivity (Wildman–Crippen MR) is 102 cm³/mol. The molecule has 6 heteroatoms. The first-order valence-electron chi connectivity index (χ1n) is 9.05. The normalized spacial score (nSPS) is 16.7. The maximum atomic E-state index is 11.8. The largest absolute Gasteiger partial charge is 0.366 e. The van der Waals surface area contributed by atoms with Crippen molar-refractivity contribution in [2.24, 2.45) is 11.7 Å². The Bertz CT molecular complexity index is 912. The van der Waals surface area contributed by atoms with Gasteiger partial charge in [0.1, 0.15) is 5.82 Å². The summed E-state index contributed by atoms with van der Waals surface area (Å²) in [4.78, 5) is 22.7. The number of hydrogen-bond acceptors (Lipinski definition) is 4. The van der Waals surface area contributed by atoms with Crippen molar-refractivity contribution in [3.63, 3.8) is 0 Å². The van der Waals surface area contributed by atoms with Crippen LogP contribution in [0.1, 0.15) is 36.2 Å². The maximum Gasteiger partial charge on any atom is 0.250 e. The number of carbonyl (C=O) groups excluding carboxylic acids is 1. The van der Waals surface area contributed by atoms with Crippen LogP contribution in [0.15, 0.2) is 49.1 Å². The molecule has 6 nitrogen and oxygen atoms in total. The molecule has 3 heterocycles. The number of fused-ring (bicyclic) bond motifs is 1. The summed E-state index contributed by atoms with van der Waals surface area (Å²) in [6.45, 7) is 4.17. The SMILES string of the molecule is CC(C1CCN(c2cnccn2)CC1)n1cc(C(N)=O)c2ccccc21. The molecule has 1 fully saturated rings. The third-order valence-electron chi connectivity index (χ3n) is 5.54. The van der Waals surface area contributed by atoms with E-state index in [-0.39, 0.29) is 5.91 Å². The van der Waals surface area contributed by atoms with E-state index in [0.717, 1.165) is 42.7 Å². The highest BCUT2D eigenvalue weighted by Gasteiger charge is 2.27. The summed E-state index contributed by atoms with van der Waals surface area (Å²) < 4.78 is 2.22. The summed E-state index contributed by atoms with van der Waals surface area (Å²) in [6, 6.07) is 8.29. The lowest BCUT2D eigenvalue weighted by atomic mass is 9.90. The second kappa shape index (κ2) is 6.78. The van der Waals surface area contributed by atoms with Gasteiger partial charge in [-0.2, -0.15) is 0 Å². The van der Waals surface area contributed by atoms with Crippen LogP contribution in [0.5, 0.6) is 0 Å². The number of amides is 1. The Morgan fingerprint density at radius 1 is 1.23 bits per heavy atom. The predicted octanol–water partition coefficient (Wildman–Crippen LogP) is 3.01. The Morgan fingerprint density at radius 3 is 2.69 bits per heavy atom. The fourth-order valence-corrected chi connectivity index (χ4v) is 4.03. The molecule has 1 atom stereocenters. The van der Waals surface area contributed by atoms with Gasteiger partial charge in [-0.1, -0.05) is 18.2 Å². The zero-order valence-electron chi connectivity index (χ0n) is 14.9. The molecule has 0 aliphatic carbocycles. The molecule has 1 aliphatic rings. The van der Waals surface area contributed by atoms with E-state index in [4.69, 9.17) is 5.73 Å². The van der Waals surface area contributed by atoms with Crippen LogP contribution in [-0.2, 0) is 0 Å². The molecule has 2 N–H and O–H groups in total. The van der Waals surface area contributed by atoms with Crippen LogP contribution in [0.25, 0.3) is 10.9 Å². The number of piperidine rings is 1. The summed E-state index contributed by atoms with van der Waals surface area (Å²) >= 11 is 0. The van der Waals surface area contributed by atoms with Crippen molar-refractivity contribution < 1.29 is 4.79 Å². The smallest absolute Gasteiger partial charge is 0.250 e. The van der Waals surface area contributed by atoms with Crippen LogP contribution in [0.4, 0.5) is 5.82 Å². The first kappa shape index (κ1) is 16.6. The fraction of sp³-hybridized carbons (Fsp3) is 0.350. The first-order valence-corrected chi connectivity index (χ1v) is 9.05. The van der Waals surface area contributed by atoms with Crippen molar-refractivity contribution in [2.45, 2.75) is 25.8 Å². The molecule has 1 aliphatic heterocycles. The minimum absolute atomic E-state index is 0.303. The molecule has 2 aromatic heterocycles. The quantitative estimate of drug-likeness (QED) is 0.785. The Labute approximate surface area is 152 Å². The molecule has 1 saturated heterocycles. The van der Waals surface area contributed by atoms with E-state index < -0.39 is 0 Å². The van der Waals surface area contributed by atoms with Crippen molar-refractivity contribution in [1.29, 1.82) is 0 Å². The second-order valence-corrected chi connectivity index (χ2v) is 6.96. The van der Waals surface area contributed by atoms with Gasteiger partial charge in [-0.3, -0.25) is 9.78 Å². The number of nitrogens with two attached hydrogens (primary N) is 1. The van der Waals surface area contributed by atoms with E-state index in [1.165, 1.54) is 0 Å². The van der Waals surface area contributed by atoms with Gasteiger partial charge in [-0.05, 0) is 31.7 Å². The van der Waals surface area contributed by atoms with Gasteiger partial charge in [0.05, 0.1) is 11.8 Å². The number of para-hydroxylation sites is 1. The summed E-state index contributed by atoms with van der Waals surface area (Å²) in [5.41, 5.74) is 7.26. The highest BCUT2D eigenvalue weighted by atomic mass is 16.1. The Morgan fingerprint density at radius 2 is 2.00 bits per heavy atom. The van der Waals surface area contributed by atoms with Gasteiger partial charge in [0.15, 0.2) is 0 Å². The van der Waals surface area contributed by atoms with Crippen molar-refractivity contribution in [2.75, 3.05) is 18.0 Å². The summed E-state index contributed by atoms with van der Waals surface area (Å²) in [5, 5.41) is 0.934. The van der Waals surface area contributed by atoms with Crippen molar-refractivity contribution in [1.82, 2.24) is 14.5 Å². The first-order chi connectivity index (χ1) is 12.6. The average molecular weight is 349 g/mol. The zero-order chi connectivity index (χ0) is 18.1.